The van der Waals surface area contributed by atoms with E-state index in [9.17, 15) is 0 Å². The maximum Gasteiger partial charge on any atom is 0.0620 e. The first-order valence-corrected chi connectivity index (χ1v) is 5.93. The molecule has 0 radical (unpaired) electrons. The third-order valence-corrected chi connectivity index (χ3v) is 2.81. The van der Waals surface area contributed by atoms with Crippen LogP contribution in [0.3, 0.4) is 0 Å². The van der Waals surface area contributed by atoms with Crippen LogP contribution in [0.2, 0.25) is 0 Å². The second-order valence-electron chi connectivity index (χ2n) is 4.25. The zero-order valence-electron chi connectivity index (χ0n) is 9.87. The molecule has 0 bridgehead atoms. The Bertz CT molecular complexity index is 167. The van der Waals surface area contributed by atoms with Crippen molar-refractivity contribution in [3.63, 3.8) is 0 Å². The van der Waals surface area contributed by atoms with E-state index in [1.807, 2.05) is 6.08 Å². The molecule has 0 aliphatic carbocycles. The van der Waals surface area contributed by atoms with Crippen molar-refractivity contribution < 1.29 is 4.74 Å². The summed E-state index contributed by atoms with van der Waals surface area (Å²) >= 11 is 0. The minimum atomic E-state index is 0.556. The van der Waals surface area contributed by atoms with Gasteiger partial charge in [-0.2, -0.15) is 0 Å². The molecule has 0 amide bonds. The zero-order valence-corrected chi connectivity index (χ0v) is 9.87. The van der Waals surface area contributed by atoms with E-state index < -0.39 is 0 Å². The first-order valence-electron chi connectivity index (χ1n) is 5.93. The summed E-state index contributed by atoms with van der Waals surface area (Å²) in [6.45, 7) is 8.80. The molecule has 15 heavy (non-hydrogen) atoms. The lowest BCUT2D eigenvalue weighted by Crippen LogP contribution is -2.43. The van der Waals surface area contributed by atoms with Crippen LogP contribution in [0.4, 0.5) is 0 Å². The second kappa shape index (κ2) is 7.85. The normalized spacial score (nSPS) is 21.9. The van der Waals surface area contributed by atoms with Crippen molar-refractivity contribution in [3.8, 4) is 0 Å². The number of ether oxygens (including phenoxy) is 1. The molecule has 0 spiro atoms. The second-order valence-corrected chi connectivity index (χ2v) is 4.25. The molecule has 88 valence electrons. The third kappa shape index (κ3) is 5.92. The summed E-state index contributed by atoms with van der Waals surface area (Å²) in [5.41, 5.74) is 0. The van der Waals surface area contributed by atoms with Gasteiger partial charge in [-0.3, -0.25) is 0 Å². The SMILES string of the molecule is C=CCCCN(C)CCC1COCCN1. The average molecular weight is 212 g/mol. The Hall–Kier alpha value is -0.380. The minimum absolute atomic E-state index is 0.556. The molecule has 1 heterocycles. The quantitative estimate of drug-likeness (QED) is 0.508. The zero-order chi connectivity index (χ0) is 10.9. The highest BCUT2D eigenvalue weighted by atomic mass is 16.5. The van der Waals surface area contributed by atoms with E-state index in [1.165, 1.54) is 19.4 Å². The molecule has 1 N–H and O–H groups in total. The number of rotatable bonds is 7. The van der Waals surface area contributed by atoms with Gasteiger partial charge in [-0.1, -0.05) is 6.08 Å². The summed E-state index contributed by atoms with van der Waals surface area (Å²) in [6.07, 6.45) is 5.51. The molecule has 0 aromatic heterocycles. The molecule has 3 heteroatoms. The summed E-state index contributed by atoms with van der Waals surface area (Å²) in [5, 5.41) is 3.47. The van der Waals surface area contributed by atoms with Crippen molar-refractivity contribution >= 4 is 0 Å². The van der Waals surface area contributed by atoms with Gasteiger partial charge in [0, 0.05) is 12.6 Å². The number of morpholine rings is 1. The van der Waals surface area contributed by atoms with E-state index in [0.29, 0.717) is 6.04 Å². The van der Waals surface area contributed by atoms with Crippen LogP contribution < -0.4 is 5.32 Å². The minimum Gasteiger partial charge on any atom is -0.379 e. The van der Waals surface area contributed by atoms with Crippen molar-refractivity contribution in [2.75, 3.05) is 39.9 Å². The highest BCUT2D eigenvalue weighted by Gasteiger charge is 2.12. The van der Waals surface area contributed by atoms with Crippen LogP contribution in [0, 0.1) is 0 Å². The van der Waals surface area contributed by atoms with Gasteiger partial charge in [-0.05, 0) is 39.4 Å². The predicted octanol–water partition coefficient (Wildman–Crippen LogP) is 1.26. The Labute approximate surface area is 93.5 Å². The van der Waals surface area contributed by atoms with Gasteiger partial charge in [-0.15, -0.1) is 6.58 Å². The van der Waals surface area contributed by atoms with Crippen molar-refractivity contribution in [2.24, 2.45) is 0 Å². The fourth-order valence-electron chi connectivity index (χ4n) is 1.80. The van der Waals surface area contributed by atoms with Crippen LogP contribution in [0.5, 0.6) is 0 Å². The summed E-state index contributed by atoms with van der Waals surface area (Å²) in [6, 6.07) is 0.556. The number of unbranched alkanes of at least 4 members (excludes halogenated alkanes) is 1. The van der Waals surface area contributed by atoms with Gasteiger partial charge in [0.25, 0.3) is 0 Å². The van der Waals surface area contributed by atoms with Gasteiger partial charge in [0.2, 0.25) is 0 Å². The topological polar surface area (TPSA) is 24.5 Å². The number of allylic oxidation sites excluding steroid dienone is 1. The van der Waals surface area contributed by atoms with Crippen LogP contribution in [0.15, 0.2) is 12.7 Å². The lowest BCUT2D eigenvalue weighted by atomic mass is 10.2. The number of hydrogen-bond donors (Lipinski definition) is 1. The smallest absolute Gasteiger partial charge is 0.0620 e. The van der Waals surface area contributed by atoms with Gasteiger partial charge < -0.3 is 15.0 Å². The summed E-state index contributed by atoms with van der Waals surface area (Å²) in [5.74, 6) is 0. The van der Waals surface area contributed by atoms with Crippen LogP contribution in [-0.4, -0.2) is 50.8 Å². The third-order valence-electron chi connectivity index (χ3n) is 2.81. The summed E-state index contributed by atoms with van der Waals surface area (Å²) < 4.78 is 5.42. The van der Waals surface area contributed by atoms with Crippen LogP contribution in [0.25, 0.3) is 0 Å². The Morgan fingerprint density at radius 2 is 2.40 bits per heavy atom. The Morgan fingerprint density at radius 1 is 1.53 bits per heavy atom. The maximum absolute atomic E-state index is 5.42. The summed E-state index contributed by atoms with van der Waals surface area (Å²) in [7, 11) is 2.19. The number of nitrogens with zero attached hydrogens (tertiary/aromatic N) is 1. The van der Waals surface area contributed by atoms with E-state index in [2.05, 4.69) is 23.8 Å². The Kier molecular flexibility index (Phi) is 6.64. The van der Waals surface area contributed by atoms with Crippen molar-refractivity contribution in [3.05, 3.63) is 12.7 Å². The van der Waals surface area contributed by atoms with Gasteiger partial charge >= 0.3 is 0 Å². The molecular formula is C12H24N2O. The van der Waals surface area contributed by atoms with Crippen molar-refractivity contribution in [1.82, 2.24) is 10.2 Å². The molecule has 1 atom stereocenters. The molecule has 1 unspecified atom stereocenters. The molecule has 1 aliphatic rings. The molecular weight excluding hydrogens is 188 g/mol. The van der Waals surface area contributed by atoms with E-state index in [0.717, 1.165) is 32.7 Å². The van der Waals surface area contributed by atoms with Crippen molar-refractivity contribution in [2.45, 2.75) is 25.3 Å². The molecule has 0 saturated carbocycles. The highest BCUT2D eigenvalue weighted by Crippen LogP contribution is 2.01. The molecule has 3 nitrogen and oxygen atoms in total. The Balaban J connectivity index is 1.99. The van der Waals surface area contributed by atoms with Gasteiger partial charge in [-0.25, -0.2) is 0 Å². The molecule has 1 aliphatic heterocycles. The first-order chi connectivity index (χ1) is 7.33. The van der Waals surface area contributed by atoms with E-state index in [1.54, 1.807) is 0 Å². The van der Waals surface area contributed by atoms with E-state index in [-0.39, 0.29) is 0 Å². The van der Waals surface area contributed by atoms with E-state index >= 15 is 0 Å². The molecule has 1 fully saturated rings. The fraction of sp³-hybridized carbons (Fsp3) is 0.833. The molecule has 0 aromatic rings. The first kappa shape index (κ1) is 12.7. The monoisotopic (exact) mass is 212 g/mol. The van der Waals surface area contributed by atoms with Gasteiger partial charge in [0.05, 0.1) is 13.2 Å². The number of nitrogens with one attached hydrogen (secondary N) is 1. The largest absolute Gasteiger partial charge is 0.379 e. The van der Waals surface area contributed by atoms with Crippen LogP contribution in [0.1, 0.15) is 19.3 Å². The Morgan fingerprint density at radius 3 is 3.07 bits per heavy atom. The molecule has 1 rings (SSSR count). The van der Waals surface area contributed by atoms with Crippen molar-refractivity contribution in [1.29, 1.82) is 0 Å². The number of hydrogen-bond acceptors (Lipinski definition) is 3. The predicted molar refractivity (Wildman–Crippen MR) is 64.2 cm³/mol. The fourth-order valence-corrected chi connectivity index (χ4v) is 1.80. The van der Waals surface area contributed by atoms with Gasteiger partial charge in [0.1, 0.15) is 0 Å². The van der Waals surface area contributed by atoms with E-state index in [4.69, 9.17) is 4.74 Å². The summed E-state index contributed by atoms with van der Waals surface area (Å²) in [4.78, 5) is 2.39. The average Bonchev–Trinajstić information content (AvgIpc) is 2.28. The maximum atomic E-state index is 5.42. The lowest BCUT2D eigenvalue weighted by Gasteiger charge is -2.26. The van der Waals surface area contributed by atoms with Crippen LogP contribution >= 0.6 is 0 Å². The molecule has 0 aromatic carbocycles. The van der Waals surface area contributed by atoms with Gasteiger partial charge in [0.15, 0.2) is 0 Å². The standard InChI is InChI=1S/C12H24N2O/c1-3-4-5-8-14(2)9-6-12-11-15-10-7-13-12/h3,12-13H,1,4-11H2,2H3. The van der Waals surface area contributed by atoms with Crippen LogP contribution in [-0.2, 0) is 4.74 Å². The molecule has 1 saturated heterocycles. The highest BCUT2D eigenvalue weighted by molar-refractivity contribution is 4.72. The lowest BCUT2D eigenvalue weighted by molar-refractivity contribution is 0.0710.